The van der Waals surface area contributed by atoms with Gasteiger partial charge in [0.05, 0.1) is 19.8 Å². The van der Waals surface area contributed by atoms with Crippen molar-refractivity contribution in [3.63, 3.8) is 0 Å². The number of carbonyl (C=O) groups is 1. The first-order valence-electron chi connectivity index (χ1n) is 5.81. The number of esters is 1. The molecule has 0 amide bonds. The number of hydrogen-bond donors (Lipinski definition) is 0. The van der Waals surface area contributed by atoms with Crippen LogP contribution in [0.4, 0.5) is 0 Å². The summed E-state index contributed by atoms with van der Waals surface area (Å²) in [5.41, 5.74) is 8.37. The summed E-state index contributed by atoms with van der Waals surface area (Å²) in [4.78, 5) is 14.4. The van der Waals surface area contributed by atoms with Gasteiger partial charge in [-0.1, -0.05) is 5.11 Å². The molecule has 0 saturated heterocycles. The summed E-state index contributed by atoms with van der Waals surface area (Å²) in [6, 6.07) is 0. The Labute approximate surface area is 117 Å². The largest absolute Gasteiger partial charge is 0.467 e. The molecule has 9 nitrogen and oxygen atoms in total. The lowest BCUT2D eigenvalue weighted by molar-refractivity contribution is -0.178. The Kier molecular flexibility index (Phi) is 9.69. The third-order valence-electron chi connectivity index (χ3n) is 2.85. The van der Waals surface area contributed by atoms with Crippen LogP contribution in [0.1, 0.15) is 0 Å². The lowest BCUT2D eigenvalue weighted by Gasteiger charge is -2.33. The molecular formula is C11H21N3O6. The molecule has 116 valence electrons. The number of carbonyl (C=O) groups excluding carboxylic acids is 1. The smallest absolute Gasteiger partial charge is 0.337 e. The van der Waals surface area contributed by atoms with Crippen molar-refractivity contribution in [2.75, 3.05) is 42.1 Å². The zero-order valence-corrected chi connectivity index (χ0v) is 12.3. The molecule has 4 atom stereocenters. The second-order valence-corrected chi connectivity index (χ2v) is 3.77. The highest BCUT2D eigenvalue weighted by atomic mass is 16.6. The van der Waals surface area contributed by atoms with Crippen LogP contribution in [0, 0.1) is 0 Å². The van der Waals surface area contributed by atoms with E-state index in [4.69, 9.17) is 24.5 Å². The van der Waals surface area contributed by atoms with Crippen molar-refractivity contribution in [3.05, 3.63) is 10.4 Å². The van der Waals surface area contributed by atoms with Gasteiger partial charge in [0.2, 0.25) is 0 Å². The van der Waals surface area contributed by atoms with Crippen LogP contribution in [0.25, 0.3) is 10.4 Å². The predicted molar refractivity (Wildman–Crippen MR) is 69.2 cm³/mol. The molecule has 0 radical (unpaired) electrons. The summed E-state index contributed by atoms with van der Waals surface area (Å²) in [6.45, 7) is 0.0307. The van der Waals surface area contributed by atoms with Crippen LogP contribution in [-0.2, 0) is 28.5 Å². The quantitative estimate of drug-likeness (QED) is 0.251. The fourth-order valence-corrected chi connectivity index (χ4v) is 1.84. The van der Waals surface area contributed by atoms with Crippen molar-refractivity contribution >= 4 is 5.97 Å². The third-order valence-corrected chi connectivity index (χ3v) is 2.85. The number of nitrogens with zero attached hydrogens (tertiary/aromatic N) is 3. The standard InChI is InChI=1S/C11H21N3O6/c1-16-7(6-13-14-12)8(17-2)9(18-3)10(19-4)11(15)20-5/h7-10H,6H2,1-5H3/t7-,8+,9+,10-/m0/s1. The molecule has 0 N–H and O–H groups in total. The van der Waals surface area contributed by atoms with Gasteiger partial charge in [0.25, 0.3) is 0 Å². The minimum atomic E-state index is -0.987. The molecular weight excluding hydrogens is 270 g/mol. The molecule has 0 spiro atoms. The van der Waals surface area contributed by atoms with E-state index in [-0.39, 0.29) is 6.54 Å². The van der Waals surface area contributed by atoms with Gasteiger partial charge in [-0.05, 0) is 5.53 Å². The second-order valence-electron chi connectivity index (χ2n) is 3.77. The fraction of sp³-hybridized carbons (Fsp3) is 0.909. The van der Waals surface area contributed by atoms with Crippen LogP contribution >= 0.6 is 0 Å². The highest BCUT2D eigenvalue weighted by Gasteiger charge is 2.40. The number of hydrogen-bond acceptors (Lipinski definition) is 7. The Balaban J connectivity index is 5.19. The van der Waals surface area contributed by atoms with E-state index in [9.17, 15) is 4.79 Å². The van der Waals surface area contributed by atoms with E-state index in [1.807, 2.05) is 0 Å². The van der Waals surface area contributed by atoms with Gasteiger partial charge in [-0.25, -0.2) is 4.79 Å². The normalized spacial score (nSPS) is 16.6. The highest BCUT2D eigenvalue weighted by molar-refractivity contribution is 5.75. The molecule has 0 aliphatic heterocycles. The summed E-state index contributed by atoms with van der Waals surface area (Å²) in [5, 5.41) is 3.44. The molecule has 0 aliphatic rings. The van der Waals surface area contributed by atoms with E-state index < -0.39 is 30.4 Å². The fourth-order valence-electron chi connectivity index (χ4n) is 1.84. The summed E-state index contributed by atoms with van der Waals surface area (Å²) >= 11 is 0. The van der Waals surface area contributed by atoms with Crippen molar-refractivity contribution in [3.8, 4) is 0 Å². The first kappa shape index (κ1) is 18.6. The predicted octanol–water partition coefficient (Wildman–Crippen LogP) is 0.530. The molecule has 0 aromatic heterocycles. The van der Waals surface area contributed by atoms with Gasteiger partial charge in [0.1, 0.15) is 12.2 Å². The first-order chi connectivity index (χ1) is 9.60. The third kappa shape index (κ3) is 4.95. The van der Waals surface area contributed by atoms with Gasteiger partial charge >= 0.3 is 5.97 Å². The topological polar surface area (TPSA) is 112 Å². The Hall–Kier alpha value is -1.38. The SMILES string of the molecule is COC(=O)[C@@H](OC)[C@H](OC)[C@H](OC)[C@H](CN=[N+]=[N-])OC. The maximum atomic E-state index is 11.7. The second kappa shape index (κ2) is 10.4. The van der Waals surface area contributed by atoms with E-state index in [1.54, 1.807) is 0 Å². The van der Waals surface area contributed by atoms with Crippen molar-refractivity contribution in [2.24, 2.45) is 5.11 Å². The van der Waals surface area contributed by atoms with Crippen LogP contribution in [0.15, 0.2) is 5.11 Å². The Morgan fingerprint density at radius 3 is 2.00 bits per heavy atom. The molecule has 0 aromatic carbocycles. The van der Waals surface area contributed by atoms with Crippen LogP contribution in [-0.4, -0.2) is 72.5 Å². The van der Waals surface area contributed by atoms with Crippen LogP contribution in [0.5, 0.6) is 0 Å². The van der Waals surface area contributed by atoms with Crippen molar-refractivity contribution in [1.82, 2.24) is 0 Å². The van der Waals surface area contributed by atoms with Gasteiger partial charge in [0, 0.05) is 33.4 Å². The van der Waals surface area contributed by atoms with Crippen molar-refractivity contribution in [2.45, 2.75) is 24.4 Å². The lowest BCUT2D eigenvalue weighted by atomic mass is 10.0. The van der Waals surface area contributed by atoms with Gasteiger partial charge in [-0.3, -0.25) is 0 Å². The average molecular weight is 291 g/mol. The molecule has 0 aromatic rings. The van der Waals surface area contributed by atoms with E-state index in [2.05, 4.69) is 14.8 Å². The molecule has 0 heterocycles. The van der Waals surface area contributed by atoms with Gasteiger partial charge in [-0.15, -0.1) is 0 Å². The zero-order valence-electron chi connectivity index (χ0n) is 12.3. The summed E-state index contributed by atoms with van der Waals surface area (Å²) in [6.07, 6.45) is -3.04. The Bertz CT molecular complexity index is 334. The van der Waals surface area contributed by atoms with E-state index in [0.717, 1.165) is 0 Å². The minimum absolute atomic E-state index is 0.0307. The maximum Gasteiger partial charge on any atom is 0.337 e. The molecule has 20 heavy (non-hydrogen) atoms. The van der Waals surface area contributed by atoms with E-state index in [1.165, 1.54) is 35.5 Å². The van der Waals surface area contributed by atoms with Crippen molar-refractivity contribution in [1.29, 1.82) is 0 Å². The number of ether oxygens (including phenoxy) is 5. The molecule has 0 bridgehead atoms. The van der Waals surface area contributed by atoms with Crippen molar-refractivity contribution < 1.29 is 28.5 Å². The summed E-state index contributed by atoms with van der Waals surface area (Å²) in [7, 11) is 6.89. The van der Waals surface area contributed by atoms with Crippen LogP contribution in [0.3, 0.4) is 0 Å². The average Bonchev–Trinajstić information content (AvgIpc) is 2.49. The molecule has 0 unspecified atom stereocenters. The van der Waals surface area contributed by atoms with E-state index in [0.29, 0.717) is 0 Å². The molecule has 0 rings (SSSR count). The summed E-state index contributed by atoms with van der Waals surface area (Å²) in [5.74, 6) is -0.597. The lowest BCUT2D eigenvalue weighted by Crippen LogP contribution is -2.52. The number of azide groups is 1. The number of methoxy groups -OCH3 is 5. The molecule has 9 heteroatoms. The minimum Gasteiger partial charge on any atom is -0.467 e. The van der Waals surface area contributed by atoms with Gasteiger partial charge in [-0.2, -0.15) is 0 Å². The Morgan fingerprint density at radius 1 is 1.05 bits per heavy atom. The molecule has 0 saturated carbocycles. The summed E-state index contributed by atoms with van der Waals surface area (Å²) < 4.78 is 25.6. The van der Waals surface area contributed by atoms with Crippen LogP contribution in [0.2, 0.25) is 0 Å². The van der Waals surface area contributed by atoms with Crippen LogP contribution < -0.4 is 0 Å². The first-order valence-corrected chi connectivity index (χ1v) is 5.81. The van der Waals surface area contributed by atoms with E-state index >= 15 is 0 Å². The number of rotatable bonds is 10. The monoisotopic (exact) mass is 291 g/mol. The highest BCUT2D eigenvalue weighted by Crippen LogP contribution is 2.17. The van der Waals surface area contributed by atoms with Gasteiger partial charge < -0.3 is 23.7 Å². The Morgan fingerprint density at radius 2 is 1.65 bits per heavy atom. The molecule has 0 fully saturated rings. The van der Waals surface area contributed by atoms with Gasteiger partial charge in [0.15, 0.2) is 6.10 Å². The maximum absolute atomic E-state index is 11.7. The zero-order chi connectivity index (χ0) is 15.5. The molecule has 0 aliphatic carbocycles.